The summed E-state index contributed by atoms with van der Waals surface area (Å²) in [5, 5.41) is 11.1. The van der Waals surface area contributed by atoms with Crippen LogP contribution in [0.25, 0.3) is 6.08 Å². The Morgan fingerprint density at radius 3 is 2.67 bits per heavy atom. The standard InChI is InChI=1S/C16H18N2O3/c1-11(2)21-13-6-4-5-12(9-13)7-8-15(19)14(10-17)16(20)18-3/h4-9,11,14H,1-3H3,(H,18,20)/b8-7+/t14-/m1/s1. The smallest absolute Gasteiger partial charge is 0.245 e. The Bertz CT molecular complexity index is 585. The molecule has 5 nitrogen and oxygen atoms in total. The van der Waals surface area contributed by atoms with Gasteiger partial charge in [-0.15, -0.1) is 0 Å². The van der Waals surface area contributed by atoms with E-state index >= 15 is 0 Å². The SMILES string of the molecule is CNC(=O)[C@H](C#N)C(=O)/C=C/c1cccc(OC(C)C)c1. The van der Waals surface area contributed by atoms with E-state index in [2.05, 4.69) is 5.32 Å². The molecule has 0 bridgehead atoms. The molecule has 0 heterocycles. The number of carbonyl (C=O) groups is 2. The lowest BCUT2D eigenvalue weighted by Crippen LogP contribution is -2.31. The Hall–Kier alpha value is -2.61. The third-order valence-electron chi connectivity index (χ3n) is 2.59. The van der Waals surface area contributed by atoms with Crippen LogP contribution in [0.5, 0.6) is 5.75 Å². The number of hydrogen-bond donors (Lipinski definition) is 1. The van der Waals surface area contributed by atoms with Crippen molar-refractivity contribution < 1.29 is 14.3 Å². The summed E-state index contributed by atoms with van der Waals surface area (Å²) in [6, 6.07) is 8.90. The van der Waals surface area contributed by atoms with E-state index in [0.717, 1.165) is 5.56 Å². The lowest BCUT2D eigenvalue weighted by Gasteiger charge is -2.09. The molecule has 1 rings (SSSR count). The number of ether oxygens (including phenoxy) is 1. The van der Waals surface area contributed by atoms with E-state index in [4.69, 9.17) is 10.00 Å². The molecule has 0 aliphatic carbocycles. The molecule has 5 heteroatoms. The summed E-state index contributed by atoms with van der Waals surface area (Å²) in [5.74, 6) is -1.78. The van der Waals surface area contributed by atoms with Crippen molar-refractivity contribution in [3.8, 4) is 11.8 Å². The van der Waals surface area contributed by atoms with Gasteiger partial charge in [0.05, 0.1) is 12.2 Å². The molecule has 0 spiro atoms. The van der Waals surface area contributed by atoms with Crippen molar-refractivity contribution in [3.63, 3.8) is 0 Å². The molecule has 1 aromatic carbocycles. The summed E-state index contributed by atoms with van der Waals surface area (Å²) in [7, 11) is 1.39. The second-order valence-electron chi connectivity index (χ2n) is 4.65. The van der Waals surface area contributed by atoms with Crippen molar-refractivity contribution in [2.75, 3.05) is 7.05 Å². The first kappa shape index (κ1) is 16.4. The quantitative estimate of drug-likeness (QED) is 0.640. The van der Waals surface area contributed by atoms with Crippen molar-refractivity contribution in [3.05, 3.63) is 35.9 Å². The summed E-state index contributed by atoms with van der Waals surface area (Å²) in [6.07, 6.45) is 2.85. The molecule has 0 aliphatic rings. The molecule has 1 N–H and O–H groups in total. The number of ketones is 1. The van der Waals surface area contributed by atoms with E-state index < -0.39 is 17.6 Å². The minimum absolute atomic E-state index is 0.0575. The van der Waals surface area contributed by atoms with E-state index in [1.807, 2.05) is 26.0 Å². The summed E-state index contributed by atoms with van der Waals surface area (Å²) in [6.45, 7) is 3.85. The van der Waals surface area contributed by atoms with Gasteiger partial charge < -0.3 is 10.1 Å². The second kappa shape index (κ2) is 7.85. The first-order chi connectivity index (χ1) is 9.97. The fourth-order valence-electron chi connectivity index (χ4n) is 1.63. The summed E-state index contributed by atoms with van der Waals surface area (Å²) in [4.78, 5) is 23.2. The normalized spacial score (nSPS) is 12.0. The molecular weight excluding hydrogens is 268 g/mol. The number of allylic oxidation sites excluding steroid dienone is 1. The van der Waals surface area contributed by atoms with Crippen LogP contribution in [0.1, 0.15) is 19.4 Å². The largest absolute Gasteiger partial charge is 0.491 e. The maximum Gasteiger partial charge on any atom is 0.245 e. The fraction of sp³-hybridized carbons (Fsp3) is 0.312. The van der Waals surface area contributed by atoms with Crippen molar-refractivity contribution in [1.82, 2.24) is 5.32 Å². The van der Waals surface area contributed by atoms with E-state index in [9.17, 15) is 9.59 Å². The third-order valence-corrected chi connectivity index (χ3v) is 2.59. The van der Waals surface area contributed by atoms with Crippen LogP contribution < -0.4 is 10.1 Å². The Morgan fingerprint density at radius 2 is 2.10 bits per heavy atom. The highest BCUT2D eigenvalue weighted by Gasteiger charge is 2.22. The lowest BCUT2D eigenvalue weighted by molar-refractivity contribution is -0.129. The monoisotopic (exact) mass is 286 g/mol. The number of hydrogen-bond acceptors (Lipinski definition) is 4. The van der Waals surface area contributed by atoms with Crippen molar-refractivity contribution in [2.24, 2.45) is 5.92 Å². The third kappa shape index (κ3) is 5.11. The van der Waals surface area contributed by atoms with Crippen LogP contribution in [-0.2, 0) is 9.59 Å². The summed E-state index contributed by atoms with van der Waals surface area (Å²) >= 11 is 0. The Labute approximate surface area is 124 Å². The minimum Gasteiger partial charge on any atom is -0.491 e. The van der Waals surface area contributed by atoms with Crippen molar-refractivity contribution in [2.45, 2.75) is 20.0 Å². The van der Waals surface area contributed by atoms with Crippen molar-refractivity contribution in [1.29, 1.82) is 5.26 Å². The highest BCUT2D eigenvalue weighted by atomic mass is 16.5. The van der Waals surface area contributed by atoms with Gasteiger partial charge >= 0.3 is 0 Å². The average molecular weight is 286 g/mol. The molecule has 110 valence electrons. The van der Waals surface area contributed by atoms with Gasteiger partial charge in [-0.1, -0.05) is 18.2 Å². The highest BCUT2D eigenvalue weighted by Crippen LogP contribution is 2.16. The van der Waals surface area contributed by atoms with Gasteiger partial charge in [-0.25, -0.2) is 0 Å². The van der Waals surface area contributed by atoms with Crippen molar-refractivity contribution >= 4 is 17.8 Å². The van der Waals surface area contributed by atoms with Crippen LogP contribution >= 0.6 is 0 Å². The van der Waals surface area contributed by atoms with E-state index in [1.54, 1.807) is 24.3 Å². The van der Waals surface area contributed by atoms with E-state index in [-0.39, 0.29) is 6.10 Å². The Morgan fingerprint density at radius 1 is 1.38 bits per heavy atom. The number of nitriles is 1. The second-order valence-corrected chi connectivity index (χ2v) is 4.65. The molecule has 0 radical (unpaired) electrons. The molecule has 21 heavy (non-hydrogen) atoms. The van der Waals surface area contributed by atoms with Gasteiger partial charge in [0.1, 0.15) is 5.75 Å². The molecule has 1 amide bonds. The lowest BCUT2D eigenvalue weighted by atomic mass is 10.0. The van der Waals surface area contributed by atoms with Crippen LogP contribution in [0.4, 0.5) is 0 Å². The zero-order chi connectivity index (χ0) is 15.8. The van der Waals surface area contributed by atoms with Gasteiger partial charge in [0, 0.05) is 7.05 Å². The average Bonchev–Trinajstić information content (AvgIpc) is 2.45. The zero-order valence-corrected chi connectivity index (χ0v) is 12.3. The number of nitrogens with one attached hydrogen (secondary N) is 1. The predicted molar refractivity (Wildman–Crippen MR) is 79.4 cm³/mol. The highest BCUT2D eigenvalue weighted by molar-refractivity contribution is 6.10. The zero-order valence-electron chi connectivity index (χ0n) is 12.3. The molecule has 0 fully saturated rings. The fourth-order valence-corrected chi connectivity index (χ4v) is 1.63. The Kier molecular flexibility index (Phi) is 6.15. The molecular formula is C16H18N2O3. The molecule has 0 saturated heterocycles. The number of rotatable bonds is 6. The summed E-state index contributed by atoms with van der Waals surface area (Å²) in [5.41, 5.74) is 0.759. The molecule has 1 atom stereocenters. The number of benzene rings is 1. The van der Waals surface area contributed by atoms with Gasteiger partial charge in [-0.2, -0.15) is 5.26 Å². The predicted octanol–water partition coefficient (Wildman–Crippen LogP) is 1.94. The minimum atomic E-state index is -1.32. The topological polar surface area (TPSA) is 79.2 Å². The van der Waals surface area contributed by atoms with Crippen LogP contribution in [0.2, 0.25) is 0 Å². The molecule has 0 saturated carbocycles. The van der Waals surface area contributed by atoms with Gasteiger partial charge in [0.2, 0.25) is 5.91 Å². The molecule has 0 aliphatic heterocycles. The van der Waals surface area contributed by atoms with Gasteiger partial charge in [-0.05, 0) is 37.6 Å². The van der Waals surface area contributed by atoms with E-state index in [1.165, 1.54) is 13.1 Å². The maximum atomic E-state index is 11.8. The summed E-state index contributed by atoms with van der Waals surface area (Å²) < 4.78 is 5.55. The van der Waals surface area contributed by atoms with Gasteiger partial charge in [0.25, 0.3) is 0 Å². The van der Waals surface area contributed by atoms with E-state index in [0.29, 0.717) is 5.75 Å². The number of amides is 1. The molecule has 1 aromatic rings. The van der Waals surface area contributed by atoms with Crippen LogP contribution in [0, 0.1) is 17.2 Å². The number of carbonyl (C=O) groups excluding carboxylic acids is 2. The van der Waals surface area contributed by atoms with Crippen LogP contribution in [0.3, 0.4) is 0 Å². The Balaban J connectivity index is 2.83. The first-order valence-corrected chi connectivity index (χ1v) is 6.57. The van der Waals surface area contributed by atoms with Crippen LogP contribution in [-0.4, -0.2) is 24.8 Å². The van der Waals surface area contributed by atoms with Gasteiger partial charge in [-0.3, -0.25) is 9.59 Å². The number of nitrogens with zero attached hydrogens (tertiary/aromatic N) is 1. The van der Waals surface area contributed by atoms with Gasteiger partial charge in [0.15, 0.2) is 11.7 Å². The molecule has 0 unspecified atom stereocenters. The first-order valence-electron chi connectivity index (χ1n) is 6.57. The van der Waals surface area contributed by atoms with Crippen LogP contribution in [0.15, 0.2) is 30.3 Å². The maximum absolute atomic E-state index is 11.8. The molecule has 0 aromatic heterocycles.